The zero-order valence-corrected chi connectivity index (χ0v) is 17.3. The van der Waals surface area contributed by atoms with Crippen LogP contribution in [0.5, 0.6) is 5.75 Å². The van der Waals surface area contributed by atoms with Crippen molar-refractivity contribution in [1.29, 1.82) is 0 Å². The number of thioether (sulfide) groups is 1. The van der Waals surface area contributed by atoms with Crippen molar-refractivity contribution in [3.05, 3.63) is 64.2 Å². The minimum absolute atomic E-state index is 0.0298. The number of hydrogen-bond donors (Lipinski definition) is 0. The summed E-state index contributed by atoms with van der Waals surface area (Å²) in [6.45, 7) is 1.08. The summed E-state index contributed by atoms with van der Waals surface area (Å²) in [5.41, 5.74) is 0.674. The smallest absolute Gasteiger partial charge is 0.262 e. The van der Waals surface area contributed by atoms with Crippen molar-refractivity contribution in [2.45, 2.75) is 30.6 Å². The number of benzene rings is 2. The SMILES string of the molecule is COc1ccc(C(=O)CSc2nc3ccccc3c(=O)n2CC2CCCO2)cc1F. The van der Waals surface area contributed by atoms with Gasteiger partial charge in [-0.05, 0) is 43.2 Å². The number of carbonyl (C=O) groups is 1. The maximum atomic E-state index is 13.9. The molecule has 30 heavy (non-hydrogen) atoms. The van der Waals surface area contributed by atoms with Gasteiger partial charge in [0.25, 0.3) is 5.56 Å². The van der Waals surface area contributed by atoms with E-state index in [0.717, 1.165) is 18.9 Å². The van der Waals surface area contributed by atoms with Crippen molar-refractivity contribution in [3.63, 3.8) is 0 Å². The summed E-state index contributed by atoms with van der Waals surface area (Å²) in [5, 5.41) is 0.986. The van der Waals surface area contributed by atoms with Gasteiger partial charge in [-0.15, -0.1) is 0 Å². The first-order chi connectivity index (χ1) is 14.6. The Kier molecular flexibility index (Phi) is 6.15. The number of ether oxygens (including phenoxy) is 2. The summed E-state index contributed by atoms with van der Waals surface area (Å²) in [7, 11) is 1.37. The minimum atomic E-state index is -0.590. The maximum absolute atomic E-state index is 13.9. The lowest BCUT2D eigenvalue weighted by Crippen LogP contribution is -2.29. The lowest BCUT2D eigenvalue weighted by molar-refractivity contribution is 0.0937. The van der Waals surface area contributed by atoms with Gasteiger partial charge in [-0.3, -0.25) is 14.2 Å². The average molecular weight is 428 g/mol. The predicted molar refractivity (Wildman–Crippen MR) is 113 cm³/mol. The van der Waals surface area contributed by atoms with Gasteiger partial charge in [0.15, 0.2) is 22.5 Å². The highest BCUT2D eigenvalue weighted by Gasteiger charge is 2.21. The van der Waals surface area contributed by atoms with Crippen molar-refractivity contribution in [1.82, 2.24) is 9.55 Å². The molecule has 4 rings (SSSR count). The number of nitrogens with zero attached hydrogens (tertiary/aromatic N) is 2. The van der Waals surface area contributed by atoms with E-state index in [2.05, 4.69) is 4.98 Å². The molecular formula is C22H21FN2O4S. The lowest BCUT2D eigenvalue weighted by Gasteiger charge is -2.16. The molecule has 1 saturated heterocycles. The molecule has 2 aromatic carbocycles. The van der Waals surface area contributed by atoms with Crippen molar-refractivity contribution in [2.75, 3.05) is 19.5 Å². The first-order valence-corrected chi connectivity index (χ1v) is 10.7. The van der Waals surface area contributed by atoms with Crippen LogP contribution in [0, 0.1) is 5.82 Å². The second kappa shape index (κ2) is 8.97. The molecule has 156 valence electrons. The molecule has 1 aliphatic heterocycles. The van der Waals surface area contributed by atoms with Gasteiger partial charge in [0.1, 0.15) is 0 Å². The number of methoxy groups -OCH3 is 1. The lowest BCUT2D eigenvalue weighted by atomic mass is 10.1. The van der Waals surface area contributed by atoms with E-state index in [-0.39, 0.29) is 34.5 Å². The summed E-state index contributed by atoms with van der Waals surface area (Å²) >= 11 is 1.17. The molecule has 1 unspecified atom stereocenters. The molecule has 1 aromatic heterocycles. The highest BCUT2D eigenvalue weighted by Crippen LogP contribution is 2.23. The Morgan fingerprint density at radius 1 is 1.33 bits per heavy atom. The third kappa shape index (κ3) is 4.24. The number of carbonyl (C=O) groups excluding carboxylic acids is 1. The van der Waals surface area contributed by atoms with Crippen molar-refractivity contribution in [2.24, 2.45) is 0 Å². The van der Waals surface area contributed by atoms with E-state index >= 15 is 0 Å². The van der Waals surface area contributed by atoms with Gasteiger partial charge in [-0.25, -0.2) is 9.37 Å². The molecule has 0 amide bonds. The quantitative estimate of drug-likeness (QED) is 0.325. The Labute approximate surface area is 177 Å². The molecule has 0 saturated carbocycles. The van der Waals surface area contributed by atoms with Crippen LogP contribution in [-0.4, -0.2) is 40.9 Å². The van der Waals surface area contributed by atoms with Crippen LogP contribution in [0.1, 0.15) is 23.2 Å². The van der Waals surface area contributed by atoms with Gasteiger partial charge in [0.2, 0.25) is 0 Å². The van der Waals surface area contributed by atoms with Crippen LogP contribution < -0.4 is 10.3 Å². The van der Waals surface area contributed by atoms with Crippen LogP contribution in [-0.2, 0) is 11.3 Å². The number of hydrogen-bond acceptors (Lipinski definition) is 6. The summed E-state index contributed by atoms with van der Waals surface area (Å²) in [6, 6.07) is 11.3. The molecule has 1 atom stereocenters. The van der Waals surface area contributed by atoms with Gasteiger partial charge in [0.05, 0.1) is 36.4 Å². The normalized spacial score (nSPS) is 16.1. The first-order valence-electron chi connectivity index (χ1n) is 9.67. The first kappa shape index (κ1) is 20.6. The molecule has 8 heteroatoms. The van der Waals surface area contributed by atoms with Gasteiger partial charge in [0, 0.05) is 12.2 Å². The van der Waals surface area contributed by atoms with Gasteiger partial charge < -0.3 is 9.47 Å². The number of fused-ring (bicyclic) bond motifs is 1. The summed E-state index contributed by atoms with van der Waals surface area (Å²) in [6.07, 6.45) is 1.80. The minimum Gasteiger partial charge on any atom is -0.494 e. The molecule has 6 nitrogen and oxygen atoms in total. The standard InChI is InChI=1S/C22H21FN2O4S/c1-28-20-9-8-14(11-17(20)23)19(26)13-30-22-24-18-7-3-2-6-16(18)21(27)25(22)12-15-5-4-10-29-15/h2-3,6-9,11,15H,4-5,10,12-13H2,1H3. The van der Waals surface area contributed by atoms with E-state index in [1.54, 1.807) is 22.8 Å². The van der Waals surface area contributed by atoms with E-state index in [1.165, 1.54) is 31.0 Å². The topological polar surface area (TPSA) is 70.4 Å². The largest absolute Gasteiger partial charge is 0.494 e. The summed E-state index contributed by atoms with van der Waals surface area (Å²) < 4.78 is 26.1. The molecule has 3 aromatic rings. The number of ketones is 1. The molecule has 1 aliphatic rings. The Balaban J connectivity index is 1.61. The molecular weight excluding hydrogens is 407 g/mol. The van der Waals surface area contributed by atoms with Crippen LogP contribution >= 0.6 is 11.8 Å². The Bertz CT molecular complexity index is 1140. The molecule has 0 aliphatic carbocycles. The fourth-order valence-corrected chi connectivity index (χ4v) is 4.37. The van der Waals surface area contributed by atoms with Crippen LogP contribution in [0.2, 0.25) is 0 Å². The highest BCUT2D eigenvalue weighted by molar-refractivity contribution is 7.99. The summed E-state index contributed by atoms with van der Waals surface area (Å²) in [5.74, 6) is -0.733. The van der Waals surface area contributed by atoms with Crippen LogP contribution in [0.3, 0.4) is 0 Å². The average Bonchev–Trinajstić information content (AvgIpc) is 3.27. The third-order valence-corrected chi connectivity index (χ3v) is 6.02. The van der Waals surface area contributed by atoms with Crippen LogP contribution in [0.4, 0.5) is 4.39 Å². The number of halogens is 1. The Morgan fingerprint density at radius 2 is 2.17 bits per heavy atom. The van der Waals surface area contributed by atoms with E-state index in [4.69, 9.17) is 9.47 Å². The molecule has 0 bridgehead atoms. The van der Waals surface area contributed by atoms with E-state index in [1.807, 2.05) is 6.07 Å². The second-order valence-corrected chi connectivity index (χ2v) is 7.97. The Hall–Kier alpha value is -2.71. The Morgan fingerprint density at radius 3 is 2.90 bits per heavy atom. The van der Waals surface area contributed by atoms with E-state index in [9.17, 15) is 14.0 Å². The zero-order chi connectivity index (χ0) is 21.1. The molecule has 0 spiro atoms. The van der Waals surface area contributed by atoms with Gasteiger partial charge >= 0.3 is 0 Å². The second-order valence-electron chi connectivity index (χ2n) is 7.02. The number of rotatable bonds is 7. The molecule has 1 fully saturated rings. The van der Waals surface area contributed by atoms with Crippen LogP contribution in [0.15, 0.2) is 52.4 Å². The van der Waals surface area contributed by atoms with Crippen LogP contribution in [0.25, 0.3) is 10.9 Å². The monoisotopic (exact) mass is 428 g/mol. The van der Waals surface area contributed by atoms with E-state index in [0.29, 0.717) is 29.2 Å². The predicted octanol–water partition coefficient (Wildman–Crippen LogP) is 3.70. The van der Waals surface area contributed by atoms with Gasteiger partial charge in [-0.1, -0.05) is 23.9 Å². The number of para-hydroxylation sites is 1. The summed E-state index contributed by atoms with van der Waals surface area (Å²) in [4.78, 5) is 30.3. The maximum Gasteiger partial charge on any atom is 0.262 e. The fourth-order valence-electron chi connectivity index (χ4n) is 3.46. The van der Waals surface area contributed by atoms with Crippen molar-refractivity contribution < 1.29 is 18.7 Å². The molecule has 0 radical (unpaired) electrons. The third-order valence-electron chi connectivity index (χ3n) is 5.04. The fraction of sp³-hybridized carbons (Fsp3) is 0.318. The van der Waals surface area contributed by atoms with Crippen molar-refractivity contribution in [3.8, 4) is 5.75 Å². The zero-order valence-electron chi connectivity index (χ0n) is 16.5. The number of Topliss-reactive ketones (excluding diaryl/α,β-unsaturated/α-hetero) is 1. The number of aromatic nitrogens is 2. The highest BCUT2D eigenvalue weighted by atomic mass is 32.2. The molecule has 0 N–H and O–H groups in total. The van der Waals surface area contributed by atoms with Crippen molar-refractivity contribution >= 4 is 28.4 Å². The van der Waals surface area contributed by atoms with E-state index < -0.39 is 5.82 Å². The molecule has 2 heterocycles. The van der Waals surface area contributed by atoms with Gasteiger partial charge in [-0.2, -0.15) is 0 Å².